The molecule has 0 unspecified atom stereocenters. The number of amides is 2. The Kier molecular flexibility index (Phi) is 8.31. The second kappa shape index (κ2) is 11.2. The van der Waals surface area contributed by atoms with E-state index in [0.717, 1.165) is 36.7 Å². The maximum Gasteiger partial charge on any atom is 0.226 e. The lowest BCUT2D eigenvalue weighted by molar-refractivity contribution is -0.131. The molecule has 0 radical (unpaired) electrons. The van der Waals surface area contributed by atoms with Crippen LogP contribution in [0.15, 0.2) is 29.6 Å². The summed E-state index contributed by atoms with van der Waals surface area (Å²) < 4.78 is 5.67. The molecule has 1 saturated heterocycles. The number of benzene rings is 1. The van der Waals surface area contributed by atoms with E-state index in [0.29, 0.717) is 30.3 Å². The van der Waals surface area contributed by atoms with E-state index in [1.807, 2.05) is 10.3 Å². The lowest BCUT2D eigenvalue weighted by atomic mass is 10.2. The van der Waals surface area contributed by atoms with Gasteiger partial charge in [-0.25, -0.2) is 4.98 Å². The third kappa shape index (κ3) is 7.33. The molecule has 3 rings (SSSR count). The SMILES string of the molecule is O=C(Cc1csc(COc2ccc(Cl)cc2)n1)NCCC(=O)N1CCCCCC1. The molecule has 1 fully saturated rings. The number of ether oxygens (including phenoxy) is 1. The van der Waals surface area contributed by atoms with Crippen LogP contribution in [0.3, 0.4) is 0 Å². The van der Waals surface area contributed by atoms with Gasteiger partial charge in [-0.1, -0.05) is 24.4 Å². The number of nitrogens with one attached hydrogen (secondary N) is 1. The highest BCUT2D eigenvalue weighted by Gasteiger charge is 2.15. The zero-order valence-electron chi connectivity index (χ0n) is 16.4. The Morgan fingerprint density at radius 3 is 2.59 bits per heavy atom. The molecule has 6 nitrogen and oxygen atoms in total. The summed E-state index contributed by atoms with van der Waals surface area (Å²) in [6, 6.07) is 7.15. The van der Waals surface area contributed by atoms with Gasteiger partial charge in [-0.3, -0.25) is 9.59 Å². The first-order valence-electron chi connectivity index (χ1n) is 9.96. The molecule has 2 heterocycles. The first-order chi connectivity index (χ1) is 14.1. The minimum Gasteiger partial charge on any atom is -0.486 e. The predicted molar refractivity (Wildman–Crippen MR) is 114 cm³/mol. The molecule has 0 saturated carbocycles. The number of likely N-dealkylation sites (tertiary alicyclic amines) is 1. The van der Waals surface area contributed by atoms with Crippen molar-refractivity contribution in [3.05, 3.63) is 45.4 Å². The summed E-state index contributed by atoms with van der Waals surface area (Å²) in [5.74, 6) is 0.726. The Labute approximate surface area is 180 Å². The topological polar surface area (TPSA) is 71.5 Å². The number of thiazole rings is 1. The van der Waals surface area contributed by atoms with E-state index in [1.54, 1.807) is 24.3 Å². The smallest absolute Gasteiger partial charge is 0.226 e. The number of rotatable bonds is 8. The van der Waals surface area contributed by atoms with Gasteiger partial charge in [-0.05, 0) is 37.1 Å². The summed E-state index contributed by atoms with van der Waals surface area (Å²) in [6.45, 7) is 2.39. The number of carbonyl (C=O) groups is 2. The molecule has 8 heteroatoms. The van der Waals surface area contributed by atoms with Gasteiger partial charge in [0.05, 0.1) is 12.1 Å². The van der Waals surface area contributed by atoms with E-state index in [2.05, 4.69) is 10.3 Å². The van der Waals surface area contributed by atoms with Crippen molar-refractivity contribution >= 4 is 34.8 Å². The summed E-state index contributed by atoms with van der Waals surface area (Å²) in [4.78, 5) is 30.7. The van der Waals surface area contributed by atoms with Gasteiger partial charge >= 0.3 is 0 Å². The van der Waals surface area contributed by atoms with Crippen LogP contribution in [0.4, 0.5) is 0 Å². The molecular formula is C21H26ClN3O3S. The van der Waals surface area contributed by atoms with Crippen molar-refractivity contribution in [1.29, 1.82) is 0 Å². The minimum atomic E-state index is -0.121. The third-order valence-electron chi connectivity index (χ3n) is 4.74. The molecule has 1 aromatic heterocycles. The Balaban J connectivity index is 1.36. The average molecular weight is 436 g/mol. The first kappa shape index (κ1) is 21.6. The molecule has 1 aromatic carbocycles. The Morgan fingerprint density at radius 1 is 1.14 bits per heavy atom. The largest absolute Gasteiger partial charge is 0.486 e. The fourth-order valence-corrected chi connectivity index (χ4v) is 4.02. The van der Waals surface area contributed by atoms with Crippen LogP contribution < -0.4 is 10.1 Å². The lowest BCUT2D eigenvalue weighted by Gasteiger charge is -2.20. The number of carbonyl (C=O) groups excluding carboxylic acids is 2. The average Bonchev–Trinajstić information content (AvgIpc) is 2.98. The monoisotopic (exact) mass is 435 g/mol. The molecule has 2 amide bonds. The quantitative estimate of drug-likeness (QED) is 0.684. The van der Waals surface area contributed by atoms with E-state index in [9.17, 15) is 9.59 Å². The van der Waals surface area contributed by atoms with E-state index in [-0.39, 0.29) is 18.2 Å². The van der Waals surface area contributed by atoms with Crippen LogP contribution in [0.25, 0.3) is 0 Å². The van der Waals surface area contributed by atoms with Crippen molar-refractivity contribution in [3.63, 3.8) is 0 Å². The molecule has 1 aliphatic rings. The summed E-state index contributed by atoms with van der Waals surface area (Å²) in [5, 5.41) is 6.15. The van der Waals surface area contributed by atoms with Gasteiger partial charge in [0.15, 0.2) is 0 Å². The highest BCUT2D eigenvalue weighted by molar-refractivity contribution is 7.09. The van der Waals surface area contributed by atoms with E-state index in [1.165, 1.54) is 24.2 Å². The fourth-order valence-electron chi connectivity index (χ4n) is 3.19. The van der Waals surface area contributed by atoms with Crippen molar-refractivity contribution in [2.45, 2.75) is 45.1 Å². The van der Waals surface area contributed by atoms with Crippen LogP contribution >= 0.6 is 22.9 Å². The fraction of sp³-hybridized carbons (Fsp3) is 0.476. The lowest BCUT2D eigenvalue weighted by Crippen LogP contribution is -2.35. The van der Waals surface area contributed by atoms with E-state index < -0.39 is 0 Å². The molecule has 29 heavy (non-hydrogen) atoms. The third-order valence-corrected chi connectivity index (χ3v) is 5.86. The molecule has 156 valence electrons. The maximum atomic E-state index is 12.2. The molecule has 1 aliphatic heterocycles. The number of nitrogens with zero attached hydrogens (tertiary/aromatic N) is 2. The van der Waals surface area contributed by atoms with Crippen LogP contribution in [0.2, 0.25) is 5.02 Å². The Morgan fingerprint density at radius 2 is 1.86 bits per heavy atom. The van der Waals surface area contributed by atoms with Gasteiger partial charge < -0.3 is 15.0 Å². The zero-order valence-corrected chi connectivity index (χ0v) is 17.9. The summed E-state index contributed by atoms with van der Waals surface area (Å²) in [6.07, 6.45) is 5.10. The van der Waals surface area contributed by atoms with Gasteiger partial charge in [0.2, 0.25) is 11.8 Å². The van der Waals surface area contributed by atoms with Gasteiger partial charge in [0, 0.05) is 36.5 Å². The van der Waals surface area contributed by atoms with E-state index >= 15 is 0 Å². The van der Waals surface area contributed by atoms with Crippen molar-refractivity contribution in [1.82, 2.24) is 15.2 Å². The molecule has 0 atom stereocenters. The predicted octanol–water partition coefficient (Wildman–Crippen LogP) is 3.83. The van der Waals surface area contributed by atoms with Crippen molar-refractivity contribution in [2.24, 2.45) is 0 Å². The highest BCUT2D eigenvalue weighted by Crippen LogP contribution is 2.18. The van der Waals surface area contributed by atoms with Gasteiger partial charge in [0.25, 0.3) is 0 Å². The number of halogens is 1. The normalized spacial score (nSPS) is 14.3. The van der Waals surface area contributed by atoms with Crippen LogP contribution in [-0.4, -0.2) is 41.3 Å². The van der Waals surface area contributed by atoms with Crippen LogP contribution in [-0.2, 0) is 22.6 Å². The van der Waals surface area contributed by atoms with Gasteiger partial charge in [0.1, 0.15) is 17.4 Å². The zero-order chi connectivity index (χ0) is 20.5. The Bertz CT molecular complexity index is 802. The molecular weight excluding hydrogens is 410 g/mol. The van der Waals surface area contributed by atoms with E-state index in [4.69, 9.17) is 16.3 Å². The van der Waals surface area contributed by atoms with Crippen molar-refractivity contribution in [2.75, 3.05) is 19.6 Å². The second-order valence-corrected chi connectivity index (χ2v) is 8.43. The first-order valence-corrected chi connectivity index (χ1v) is 11.2. The Hall–Kier alpha value is -2.12. The minimum absolute atomic E-state index is 0.121. The summed E-state index contributed by atoms with van der Waals surface area (Å²) >= 11 is 7.32. The molecule has 0 aliphatic carbocycles. The maximum absolute atomic E-state index is 12.2. The van der Waals surface area contributed by atoms with Crippen molar-refractivity contribution in [3.8, 4) is 5.75 Å². The number of aromatic nitrogens is 1. The number of hydrogen-bond acceptors (Lipinski definition) is 5. The van der Waals surface area contributed by atoms with Crippen molar-refractivity contribution < 1.29 is 14.3 Å². The van der Waals surface area contributed by atoms with Gasteiger partial charge in [-0.15, -0.1) is 11.3 Å². The van der Waals surface area contributed by atoms with Crippen LogP contribution in [0, 0.1) is 0 Å². The standard InChI is InChI=1S/C21H26ClN3O3S/c22-16-5-7-18(8-6-16)28-14-20-24-17(15-29-20)13-19(26)23-10-9-21(27)25-11-3-1-2-4-12-25/h5-8,15H,1-4,9-14H2,(H,23,26). The molecule has 0 bridgehead atoms. The molecule has 2 aromatic rings. The van der Waals surface area contributed by atoms with Crippen LogP contribution in [0.1, 0.15) is 42.8 Å². The molecule has 0 spiro atoms. The summed E-state index contributed by atoms with van der Waals surface area (Å²) in [5.41, 5.74) is 0.709. The van der Waals surface area contributed by atoms with Crippen LogP contribution in [0.5, 0.6) is 5.75 Å². The highest BCUT2D eigenvalue weighted by atomic mass is 35.5. The second-order valence-electron chi connectivity index (χ2n) is 7.05. The van der Waals surface area contributed by atoms with Gasteiger partial charge in [-0.2, -0.15) is 0 Å². The number of hydrogen-bond donors (Lipinski definition) is 1. The molecule has 1 N–H and O–H groups in total. The summed E-state index contributed by atoms with van der Waals surface area (Å²) in [7, 11) is 0.